The molecule has 4 N–H and O–H groups in total. The van der Waals surface area contributed by atoms with Gasteiger partial charge in [0.2, 0.25) is 0 Å². The topological polar surface area (TPSA) is 70.4 Å². The number of likely N-dealkylation sites (tertiary alicyclic amines) is 1. The minimum atomic E-state index is -0.0786. The second-order valence-electron chi connectivity index (χ2n) is 5.59. The number of nitrogens with zero attached hydrogens (tertiary/aromatic N) is 1. The van der Waals surface area contributed by atoms with Crippen LogP contribution in [0.1, 0.15) is 30.6 Å². The summed E-state index contributed by atoms with van der Waals surface area (Å²) in [5.41, 5.74) is 8.19. The van der Waals surface area contributed by atoms with Crippen LogP contribution in [0, 0.1) is 5.92 Å². The highest BCUT2D eigenvalue weighted by Crippen LogP contribution is 2.22. The molecule has 1 fully saturated rings. The van der Waals surface area contributed by atoms with E-state index in [2.05, 4.69) is 22.5 Å². The van der Waals surface area contributed by atoms with Gasteiger partial charge < -0.3 is 21.3 Å². The van der Waals surface area contributed by atoms with Crippen molar-refractivity contribution in [3.05, 3.63) is 23.8 Å². The Balaban J connectivity index is 1.91. The molecule has 0 saturated carbocycles. The van der Waals surface area contributed by atoms with Crippen molar-refractivity contribution in [2.75, 3.05) is 43.8 Å². The number of nitrogens with one attached hydrogen (secondary N) is 2. The number of hydrogen-bond donors (Lipinski definition) is 3. The van der Waals surface area contributed by atoms with Crippen molar-refractivity contribution >= 4 is 17.3 Å². The molecule has 0 radical (unpaired) electrons. The number of benzene rings is 1. The fraction of sp³-hybridized carbons (Fsp3) is 0.562. The van der Waals surface area contributed by atoms with Crippen molar-refractivity contribution in [3.8, 4) is 0 Å². The Hall–Kier alpha value is -1.75. The SMILES string of the molecule is CCNC(=O)c1ccc(NCC2CCN(CC)C2)c(N)c1. The third-order valence-electron chi connectivity index (χ3n) is 4.05. The Morgan fingerprint density at radius 1 is 1.43 bits per heavy atom. The molecule has 0 bridgehead atoms. The minimum absolute atomic E-state index is 0.0786. The molecule has 0 aliphatic carbocycles. The largest absolute Gasteiger partial charge is 0.397 e. The molecule has 21 heavy (non-hydrogen) atoms. The van der Waals surface area contributed by atoms with Gasteiger partial charge in [0.1, 0.15) is 0 Å². The Kier molecular flexibility index (Phi) is 5.44. The van der Waals surface area contributed by atoms with E-state index in [0.29, 0.717) is 23.7 Å². The maximum atomic E-state index is 11.8. The zero-order valence-corrected chi connectivity index (χ0v) is 13.0. The predicted molar refractivity (Wildman–Crippen MR) is 87.6 cm³/mol. The van der Waals surface area contributed by atoms with E-state index in [1.165, 1.54) is 13.0 Å². The Bertz CT molecular complexity index is 489. The van der Waals surface area contributed by atoms with E-state index in [0.717, 1.165) is 25.3 Å². The van der Waals surface area contributed by atoms with E-state index >= 15 is 0 Å². The van der Waals surface area contributed by atoms with Crippen LogP contribution >= 0.6 is 0 Å². The summed E-state index contributed by atoms with van der Waals surface area (Å²) in [5.74, 6) is 0.595. The first kappa shape index (κ1) is 15.6. The van der Waals surface area contributed by atoms with Gasteiger partial charge in [-0.05, 0) is 50.6 Å². The van der Waals surface area contributed by atoms with Gasteiger partial charge in [-0.15, -0.1) is 0 Å². The molecule has 1 aliphatic heterocycles. The molecule has 1 aliphatic rings. The molecule has 1 atom stereocenters. The van der Waals surface area contributed by atoms with Gasteiger partial charge in [0.15, 0.2) is 0 Å². The lowest BCUT2D eigenvalue weighted by Gasteiger charge is -2.16. The molecule has 5 nitrogen and oxygen atoms in total. The highest BCUT2D eigenvalue weighted by Gasteiger charge is 2.20. The molecule has 1 amide bonds. The van der Waals surface area contributed by atoms with Crippen molar-refractivity contribution in [1.82, 2.24) is 10.2 Å². The van der Waals surface area contributed by atoms with Crippen molar-refractivity contribution in [2.45, 2.75) is 20.3 Å². The smallest absolute Gasteiger partial charge is 0.251 e. The van der Waals surface area contributed by atoms with Gasteiger partial charge in [-0.25, -0.2) is 0 Å². The average Bonchev–Trinajstić information content (AvgIpc) is 2.94. The number of hydrogen-bond acceptors (Lipinski definition) is 4. The number of carbonyl (C=O) groups excluding carboxylic acids is 1. The molecule has 1 unspecified atom stereocenters. The third kappa shape index (κ3) is 4.11. The monoisotopic (exact) mass is 290 g/mol. The summed E-state index contributed by atoms with van der Waals surface area (Å²) in [6.07, 6.45) is 1.23. The summed E-state index contributed by atoms with van der Waals surface area (Å²) >= 11 is 0. The van der Waals surface area contributed by atoms with E-state index in [-0.39, 0.29) is 5.91 Å². The summed E-state index contributed by atoms with van der Waals surface area (Å²) in [7, 11) is 0. The number of nitrogen functional groups attached to an aromatic ring is 1. The Labute approximate surface area is 126 Å². The predicted octanol–water partition coefficient (Wildman–Crippen LogP) is 1.77. The Morgan fingerprint density at radius 2 is 2.24 bits per heavy atom. The molecular formula is C16H26N4O. The highest BCUT2D eigenvalue weighted by atomic mass is 16.1. The molecular weight excluding hydrogens is 264 g/mol. The first-order chi connectivity index (χ1) is 10.1. The number of anilines is 2. The summed E-state index contributed by atoms with van der Waals surface area (Å²) in [6, 6.07) is 5.45. The second-order valence-corrected chi connectivity index (χ2v) is 5.59. The first-order valence-electron chi connectivity index (χ1n) is 7.78. The van der Waals surface area contributed by atoms with Gasteiger partial charge in [-0.3, -0.25) is 4.79 Å². The van der Waals surface area contributed by atoms with Crippen LogP contribution in [0.5, 0.6) is 0 Å². The first-order valence-corrected chi connectivity index (χ1v) is 7.78. The molecule has 116 valence electrons. The van der Waals surface area contributed by atoms with Crippen LogP contribution in [-0.2, 0) is 0 Å². The molecule has 1 aromatic carbocycles. The number of rotatable bonds is 6. The maximum Gasteiger partial charge on any atom is 0.251 e. The Morgan fingerprint density at radius 3 is 2.86 bits per heavy atom. The fourth-order valence-corrected chi connectivity index (χ4v) is 2.75. The standard InChI is InChI=1S/C16H26N4O/c1-3-18-16(21)13-5-6-15(14(17)9-13)19-10-12-7-8-20(4-2)11-12/h5-6,9,12,19H,3-4,7-8,10-11,17H2,1-2H3,(H,18,21). The van der Waals surface area contributed by atoms with E-state index in [1.54, 1.807) is 6.07 Å². The van der Waals surface area contributed by atoms with Crippen LogP contribution < -0.4 is 16.4 Å². The minimum Gasteiger partial charge on any atom is -0.397 e. The summed E-state index contributed by atoms with van der Waals surface area (Å²) in [6.45, 7) is 9.12. The van der Waals surface area contributed by atoms with Crippen LogP contribution in [0.3, 0.4) is 0 Å². The van der Waals surface area contributed by atoms with E-state index in [1.807, 2.05) is 19.1 Å². The molecule has 1 aromatic rings. The van der Waals surface area contributed by atoms with Gasteiger partial charge >= 0.3 is 0 Å². The summed E-state index contributed by atoms with van der Waals surface area (Å²) in [4.78, 5) is 14.2. The van der Waals surface area contributed by atoms with Gasteiger partial charge in [0.05, 0.1) is 11.4 Å². The van der Waals surface area contributed by atoms with Crippen molar-refractivity contribution < 1.29 is 4.79 Å². The van der Waals surface area contributed by atoms with E-state index in [4.69, 9.17) is 5.73 Å². The zero-order valence-electron chi connectivity index (χ0n) is 13.0. The lowest BCUT2D eigenvalue weighted by atomic mass is 10.1. The molecule has 5 heteroatoms. The van der Waals surface area contributed by atoms with E-state index in [9.17, 15) is 4.79 Å². The van der Waals surface area contributed by atoms with Gasteiger partial charge in [-0.1, -0.05) is 6.92 Å². The summed E-state index contributed by atoms with van der Waals surface area (Å²) in [5, 5.41) is 6.19. The number of amides is 1. The van der Waals surface area contributed by atoms with Gasteiger partial charge in [0.25, 0.3) is 5.91 Å². The highest BCUT2D eigenvalue weighted by molar-refractivity contribution is 5.96. The van der Waals surface area contributed by atoms with Crippen LogP contribution in [0.25, 0.3) is 0 Å². The van der Waals surface area contributed by atoms with Gasteiger partial charge in [-0.2, -0.15) is 0 Å². The molecule has 1 heterocycles. The quantitative estimate of drug-likeness (QED) is 0.698. The fourth-order valence-electron chi connectivity index (χ4n) is 2.75. The molecule has 2 rings (SSSR count). The normalized spacial score (nSPS) is 18.7. The van der Waals surface area contributed by atoms with Gasteiger partial charge in [0, 0.05) is 25.2 Å². The van der Waals surface area contributed by atoms with Crippen molar-refractivity contribution in [1.29, 1.82) is 0 Å². The lowest BCUT2D eigenvalue weighted by Crippen LogP contribution is -2.23. The third-order valence-corrected chi connectivity index (χ3v) is 4.05. The average molecular weight is 290 g/mol. The number of carbonyl (C=O) groups is 1. The molecule has 1 saturated heterocycles. The van der Waals surface area contributed by atoms with Crippen molar-refractivity contribution in [2.24, 2.45) is 5.92 Å². The lowest BCUT2D eigenvalue weighted by molar-refractivity contribution is 0.0956. The zero-order chi connectivity index (χ0) is 15.2. The maximum absolute atomic E-state index is 11.8. The molecule has 0 aromatic heterocycles. The van der Waals surface area contributed by atoms with E-state index < -0.39 is 0 Å². The van der Waals surface area contributed by atoms with Crippen LogP contribution in [-0.4, -0.2) is 43.5 Å². The van der Waals surface area contributed by atoms with Crippen LogP contribution in [0.15, 0.2) is 18.2 Å². The molecule has 0 spiro atoms. The van der Waals surface area contributed by atoms with Crippen LogP contribution in [0.4, 0.5) is 11.4 Å². The van der Waals surface area contributed by atoms with Crippen molar-refractivity contribution in [3.63, 3.8) is 0 Å². The van der Waals surface area contributed by atoms with Crippen LogP contribution in [0.2, 0.25) is 0 Å². The summed E-state index contributed by atoms with van der Waals surface area (Å²) < 4.78 is 0. The number of nitrogens with two attached hydrogens (primary N) is 1. The second kappa shape index (κ2) is 7.31.